The van der Waals surface area contributed by atoms with Crippen LogP contribution in [0.3, 0.4) is 0 Å². The molecule has 1 aromatic heterocycles. The third kappa shape index (κ3) is 4.17. The summed E-state index contributed by atoms with van der Waals surface area (Å²) >= 11 is 1.61. The van der Waals surface area contributed by atoms with Crippen LogP contribution in [0.1, 0.15) is 35.1 Å². The Balaban J connectivity index is 1.17. The zero-order valence-corrected chi connectivity index (χ0v) is 18.8. The van der Waals surface area contributed by atoms with E-state index in [1.54, 1.807) is 17.4 Å². The number of aryl methyl sites for hydroxylation is 1. The molecule has 0 spiro atoms. The van der Waals surface area contributed by atoms with Crippen molar-refractivity contribution in [2.45, 2.75) is 45.3 Å². The van der Waals surface area contributed by atoms with Crippen LogP contribution in [0.25, 0.3) is 11.1 Å². The molecule has 0 bridgehead atoms. The number of nitrogens with zero attached hydrogens (tertiary/aromatic N) is 1. The largest absolute Gasteiger partial charge is 0.493 e. The molecule has 166 valence electrons. The van der Waals surface area contributed by atoms with Crippen molar-refractivity contribution in [3.05, 3.63) is 75.2 Å². The molecule has 6 heteroatoms. The minimum Gasteiger partial charge on any atom is -0.493 e. The SMILES string of the molecule is Cc1cc(CCOc2ccc3c(c2)CN(C2CC(C(=O)O)C2)C3)c(F)cc1-c1ccsc1. The van der Waals surface area contributed by atoms with E-state index in [1.807, 2.05) is 35.9 Å². The highest BCUT2D eigenvalue weighted by Gasteiger charge is 2.39. The Kier molecular flexibility index (Phi) is 5.74. The minimum absolute atomic E-state index is 0.189. The van der Waals surface area contributed by atoms with Gasteiger partial charge in [0.05, 0.1) is 12.5 Å². The highest BCUT2D eigenvalue weighted by molar-refractivity contribution is 7.08. The van der Waals surface area contributed by atoms with Gasteiger partial charge < -0.3 is 9.84 Å². The van der Waals surface area contributed by atoms with E-state index in [0.29, 0.717) is 24.6 Å². The minimum atomic E-state index is -0.679. The monoisotopic (exact) mass is 451 g/mol. The first kappa shape index (κ1) is 21.2. The maximum atomic E-state index is 14.7. The maximum absolute atomic E-state index is 14.7. The molecule has 0 radical (unpaired) electrons. The number of hydrogen-bond acceptors (Lipinski definition) is 4. The van der Waals surface area contributed by atoms with Gasteiger partial charge in [-0.15, -0.1) is 0 Å². The molecule has 5 rings (SSSR count). The molecular weight excluding hydrogens is 425 g/mol. The first-order valence-corrected chi connectivity index (χ1v) is 12.0. The summed E-state index contributed by atoms with van der Waals surface area (Å²) in [6.07, 6.45) is 1.99. The highest BCUT2D eigenvalue weighted by Crippen LogP contribution is 2.37. The van der Waals surface area contributed by atoms with E-state index in [9.17, 15) is 9.18 Å². The lowest BCUT2D eigenvalue weighted by molar-refractivity contribution is -0.147. The number of ether oxygens (including phenoxy) is 1. The summed E-state index contributed by atoms with van der Waals surface area (Å²) in [6.45, 7) is 4.14. The van der Waals surface area contributed by atoms with Crippen LogP contribution < -0.4 is 4.74 Å². The normalized spacial score (nSPS) is 20.1. The molecular formula is C26H26FNO3S. The Hall–Kier alpha value is -2.70. The number of carboxylic acid groups (broad SMARTS) is 1. The van der Waals surface area contributed by atoms with Crippen molar-refractivity contribution in [3.8, 4) is 16.9 Å². The van der Waals surface area contributed by atoms with E-state index in [1.165, 1.54) is 11.1 Å². The van der Waals surface area contributed by atoms with Gasteiger partial charge in [0.1, 0.15) is 11.6 Å². The molecule has 2 heterocycles. The molecule has 0 saturated heterocycles. The number of carboxylic acids is 1. The van der Waals surface area contributed by atoms with Crippen molar-refractivity contribution < 1.29 is 19.0 Å². The topological polar surface area (TPSA) is 49.8 Å². The maximum Gasteiger partial charge on any atom is 0.306 e. The number of rotatable bonds is 7. The number of hydrogen-bond donors (Lipinski definition) is 1. The molecule has 1 aliphatic carbocycles. The van der Waals surface area contributed by atoms with Crippen LogP contribution in [-0.4, -0.2) is 28.6 Å². The Labute approximate surface area is 191 Å². The number of thiophene rings is 1. The van der Waals surface area contributed by atoms with Gasteiger partial charge in [0.15, 0.2) is 0 Å². The van der Waals surface area contributed by atoms with Crippen LogP contribution >= 0.6 is 11.3 Å². The molecule has 3 aromatic rings. The van der Waals surface area contributed by atoms with Crippen molar-refractivity contribution in [2.24, 2.45) is 5.92 Å². The smallest absolute Gasteiger partial charge is 0.306 e. The van der Waals surface area contributed by atoms with Gasteiger partial charge in [-0.1, -0.05) is 12.1 Å². The molecule has 0 atom stereocenters. The standard InChI is InChI=1S/C26H26FNO3S/c1-16-8-17(25(27)12-24(16)19-5-7-32-15-19)4-6-31-23-3-2-18-13-28(14-21(18)11-23)22-9-20(10-22)26(29)30/h2-3,5,7-8,11-12,15,20,22H,4,6,9-10,13-14H2,1H3,(H,29,30). The Morgan fingerprint density at radius 1 is 1.19 bits per heavy atom. The van der Waals surface area contributed by atoms with Crippen molar-refractivity contribution in [2.75, 3.05) is 6.61 Å². The fraction of sp³-hybridized carbons (Fsp3) is 0.346. The summed E-state index contributed by atoms with van der Waals surface area (Å²) in [4.78, 5) is 13.4. The highest BCUT2D eigenvalue weighted by atomic mass is 32.1. The summed E-state index contributed by atoms with van der Waals surface area (Å²) in [7, 11) is 0. The molecule has 32 heavy (non-hydrogen) atoms. The zero-order valence-electron chi connectivity index (χ0n) is 18.0. The van der Waals surface area contributed by atoms with Crippen LogP contribution in [0.4, 0.5) is 4.39 Å². The number of benzene rings is 2. The van der Waals surface area contributed by atoms with Crippen LogP contribution in [0.5, 0.6) is 5.75 Å². The average Bonchev–Trinajstić information content (AvgIpc) is 3.38. The van der Waals surface area contributed by atoms with E-state index in [4.69, 9.17) is 9.84 Å². The van der Waals surface area contributed by atoms with Gasteiger partial charge in [-0.2, -0.15) is 11.3 Å². The van der Waals surface area contributed by atoms with Gasteiger partial charge in [-0.3, -0.25) is 9.69 Å². The lowest BCUT2D eigenvalue weighted by atomic mass is 9.79. The second-order valence-electron chi connectivity index (χ2n) is 8.86. The Morgan fingerprint density at radius 2 is 2.00 bits per heavy atom. The predicted octanol–water partition coefficient (Wildman–Crippen LogP) is 5.66. The second kappa shape index (κ2) is 8.68. The number of aliphatic carboxylic acids is 1. The summed E-state index contributed by atoms with van der Waals surface area (Å²) < 4.78 is 20.6. The number of carbonyl (C=O) groups is 1. The quantitative estimate of drug-likeness (QED) is 0.503. The van der Waals surface area contributed by atoms with E-state index in [0.717, 1.165) is 48.4 Å². The summed E-state index contributed by atoms with van der Waals surface area (Å²) in [5, 5.41) is 13.1. The molecule has 1 saturated carbocycles. The second-order valence-corrected chi connectivity index (χ2v) is 9.64. The Morgan fingerprint density at radius 3 is 2.75 bits per heavy atom. The molecule has 1 aliphatic heterocycles. The molecule has 4 nitrogen and oxygen atoms in total. The van der Waals surface area contributed by atoms with Gasteiger partial charge in [0.25, 0.3) is 0 Å². The van der Waals surface area contributed by atoms with Gasteiger partial charge in [0.2, 0.25) is 0 Å². The molecule has 2 aliphatic rings. The lowest BCUT2D eigenvalue weighted by Gasteiger charge is -2.39. The van der Waals surface area contributed by atoms with E-state index < -0.39 is 5.97 Å². The van der Waals surface area contributed by atoms with E-state index >= 15 is 0 Å². The molecule has 0 amide bonds. The van der Waals surface area contributed by atoms with Gasteiger partial charge in [-0.25, -0.2) is 4.39 Å². The van der Waals surface area contributed by atoms with E-state index in [-0.39, 0.29) is 11.7 Å². The molecule has 1 N–H and O–H groups in total. The molecule has 1 fully saturated rings. The average molecular weight is 452 g/mol. The Bertz CT molecular complexity index is 1140. The lowest BCUT2D eigenvalue weighted by Crippen LogP contribution is -2.44. The summed E-state index contributed by atoms with van der Waals surface area (Å²) in [5.41, 5.74) is 6.26. The third-order valence-electron chi connectivity index (χ3n) is 6.77. The third-order valence-corrected chi connectivity index (χ3v) is 7.45. The van der Waals surface area contributed by atoms with Crippen LogP contribution in [0.2, 0.25) is 0 Å². The number of fused-ring (bicyclic) bond motifs is 1. The fourth-order valence-corrected chi connectivity index (χ4v) is 5.43. The van der Waals surface area contributed by atoms with Crippen LogP contribution in [0, 0.1) is 18.7 Å². The summed E-state index contributed by atoms with van der Waals surface area (Å²) in [5.74, 6) is -0.257. The zero-order chi connectivity index (χ0) is 22.2. The fourth-order valence-electron chi connectivity index (χ4n) is 4.77. The van der Waals surface area contributed by atoms with Crippen molar-refractivity contribution in [1.82, 2.24) is 4.90 Å². The van der Waals surface area contributed by atoms with Crippen LogP contribution in [0.15, 0.2) is 47.2 Å². The molecule has 2 aromatic carbocycles. The van der Waals surface area contributed by atoms with Gasteiger partial charge in [-0.05, 0) is 88.2 Å². The van der Waals surface area contributed by atoms with Crippen molar-refractivity contribution >= 4 is 17.3 Å². The van der Waals surface area contributed by atoms with Crippen molar-refractivity contribution in [3.63, 3.8) is 0 Å². The van der Waals surface area contributed by atoms with E-state index in [2.05, 4.69) is 17.0 Å². The summed E-state index contributed by atoms with van der Waals surface area (Å²) in [6, 6.07) is 12.1. The predicted molar refractivity (Wildman–Crippen MR) is 123 cm³/mol. The first-order valence-electron chi connectivity index (χ1n) is 11.0. The van der Waals surface area contributed by atoms with Crippen molar-refractivity contribution in [1.29, 1.82) is 0 Å². The van der Waals surface area contributed by atoms with Gasteiger partial charge >= 0.3 is 5.97 Å². The first-order chi connectivity index (χ1) is 15.5. The van der Waals surface area contributed by atoms with Gasteiger partial charge in [0, 0.05) is 25.6 Å². The van der Waals surface area contributed by atoms with Crippen LogP contribution in [-0.2, 0) is 24.3 Å². The number of halogens is 1. The molecule has 0 unspecified atom stereocenters.